The molecule has 11 nitrogen and oxygen atoms in total. The Morgan fingerprint density at radius 2 is 1.86 bits per heavy atom. The molecule has 1 saturated heterocycles. The van der Waals surface area contributed by atoms with Crippen molar-refractivity contribution in [3.63, 3.8) is 0 Å². The van der Waals surface area contributed by atoms with Crippen LogP contribution in [0.5, 0.6) is 11.5 Å². The van der Waals surface area contributed by atoms with Gasteiger partial charge in [-0.25, -0.2) is 4.79 Å². The van der Waals surface area contributed by atoms with E-state index in [9.17, 15) is 9.59 Å². The van der Waals surface area contributed by atoms with Crippen molar-refractivity contribution in [1.82, 2.24) is 24.2 Å². The Bertz CT molecular complexity index is 1500. The second kappa shape index (κ2) is 10.1. The van der Waals surface area contributed by atoms with Crippen LogP contribution in [0.15, 0.2) is 45.7 Å². The average molecular weight is 507 g/mol. The summed E-state index contributed by atoms with van der Waals surface area (Å²) in [4.78, 5) is 32.0. The highest BCUT2D eigenvalue weighted by molar-refractivity contribution is 5.94. The molecule has 0 radical (unpaired) electrons. The summed E-state index contributed by atoms with van der Waals surface area (Å²) in [5.74, 6) is 1.96. The van der Waals surface area contributed by atoms with E-state index in [4.69, 9.17) is 14.0 Å². The van der Waals surface area contributed by atoms with E-state index in [-0.39, 0.29) is 17.5 Å². The fourth-order valence-corrected chi connectivity index (χ4v) is 4.84. The SMILES string of the molecule is COc1ccc(-c2noc(CN3CCCC(C(=O)Nc4ccc5c(c4)n(C)c(=O)n5C)C3)n2)cc1OC. The Kier molecular flexibility index (Phi) is 6.70. The maximum absolute atomic E-state index is 13.1. The molecule has 2 aromatic heterocycles. The highest BCUT2D eigenvalue weighted by atomic mass is 16.5. The Hall–Kier alpha value is -4.12. The van der Waals surface area contributed by atoms with Gasteiger partial charge in [0, 0.05) is 31.9 Å². The molecule has 0 bridgehead atoms. The van der Waals surface area contributed by atoms with Crippen molar-refractivity contribution in [2.45, 2.75) is 19.4 Å². The number of aromatic nitrogens is 4. The van der Waals surface area contributed by atoms with Gasteiger partial charge in [-0.05, 0) is 55.8 Å². The highest BCUT2D eigenvalue weighted by Gasteiger charge is 2.27. The van der Waals surface area contributed by atoms with Crippen molar-refractivity contribution in [1.29, 1.82) is 0 Å². The van der Waals surface area contributed by atoms with Gasteiger partial charge in [0.1, 0.15) is 0 Å². The smallest absolute Gasteiger partial charge is 0.328 e. The van der Waals surface area contributed by atoms with Crippen LogP contribution in [0, 0.1) is 5.92 Å². The number of likely N-dealkylation sites (tertiary alicyclic amines) is 1. The molecule has 0 spiro atoms. The van der Waals surface area contributed by atoms with Crippen LogP contribution in [0.25, 0.3) is 22.4 Å². The third-order valence-electron chi connectivity index (χ3n) is 6.88. The van der Waals surface area contributed by atoms with Crippen molar-refractivity contribution >= 4 is 22.6 Å². The summed E-state index contributed by atoms with van der Waals surface area (Å²) >= 11 is 0. The van der Waals surface area contributed by atoms with E-state index >= 15 is 0 Å². The quantitative estimate of drug-likeness (QED) is 0.407. The fourth-order valence-electron chi connectivity index (χ4n) is 4.84. The molecule has 1 aliphatic rings. The second-order valence-corrected chi connectivity index (χ2v) is 9.25. The average Bonchev–Trinajstić information content (AvgIpc) is 3.47. The van der Waals surface area contributed by atoms with Crippen molar-refractivity contribution in [2.24, 2.45) is 20.0 Å². The predicted molar refractivity (Wildman–Crippen MR) is 138 cm³/mol. The van der Waals surface area contributed by atoms with E-state index in [0.29, 0.717) is 42.0 Å². The van der Waals surface area contributed by atoms with Crippen LogP contribution in [-0.4, -0.2) is 57.4 Å². The molecular weight excluding hydrogens is 476 g/mol. The molecule has 0 saturated carbocycles. The molecule has 0 aliphatic carbocycles. The lowest BCUT2D eigenvalue weighted by molar-refractivity contribution is -0.121. The van der Waals surface area contributed by atoms with Crippen molar-refractivity contribution in [3.8, 4) is 22.9 Å². The molecule has 2 aromatic carbocycles. The summed E-state index contributed by atoms with van der Waals surface area (Å²) in [6, 6.07) is 11.0. The highest BCUT2D eigenvalue weighted by Crippen LogP contribution is 2.31. The molecule has 1 atom stereocenters. The Balaban J connectivity index is 1.23. The molecular formula is C26H30N6O5. The first kappa shape index (κ1) is 24.6. The molecule has 1 amide bonds. The van der Waals surface area contributed by atoms with Crippen LogP contribution in [0.3, 0.4) is 0 Å². The Morgan fingerprint density at radius 3 is 2.65 bits per heavy atom. The summed E-state index contributed by atoms with van der Waals surface area (Å²) in [5.41, 5.74) is 2.93. The summed E-state index contributed by atoms with van der Waals surface area (Å²) in [5, 5.41) is 7.14. The van der Waals surface area contributed by atoms with E-state index in [2.05, 4.69) is 20.4 Å². The molecule has 5 rings (SSSR count). The maximum atomic E-state index is 13.1. The number of imidazole rings is 1. The van der Waals surface area contributed by atoms with E-state index in [1.54, 1.807) is 49.6 Å². The van der Waals surface area contributed by atoms with Gasteiger partial charge in [0.25, 0.3) is 0 Å². The van der Waals surface area contributed by atoms with Crippen molar-refractivity contribution in [2.75, 3.05) is 32.6 Å². The van der Waals surface area contributed by atoms with E-state index in [1.165, 1.54) is 0 Å². The number of nitrogens with one attached hydrogen (secondary N) is 1. The number of hydrogen-bond donors (Lipinski definition) is 1. The lowest BCUT2D eigenvalue weighted by atomic mass is 9.97. The maximum Gasteiger partial charge on any atom is 0.328 e. The number of carbonyl (C=O) groups excluding carboxylic acids is 1. The summed E-state index contributed by atoms with van der Waals surface area (Å²) in [6.07, 6.45) is 1.69. The number of methoxy groups -OCH3 is 2. The minimum absolute atomic E-state index is 0.0403. The third-order valence-corrected chi connectivity index (χ3v) is 6.88. The van der Waals surface area contributed by atoms with Gasteiger partial charge in [-0.15, -0.1) is 0 Å². The van der Waals surface area contributed by atoms with Gasteiger partial charge < -0.3 is 19.3 Å². The normalized spacial score (nSPS) is 16.2. The monoisotopic (exact) mass is 506 g/mol. The second-order valence-electron chi connectivity index (χ2n) is 9.25. The number of anilines is 1. The largest absolute Gasteiger partial charge is 0.493 e. The summed E-state index contributed by atoms with van der Waals surface area (Å²) < 4.78 is 19.3. The number of piperidine rings is 1. The Morgan fingerprint density at radius 1 is 1.08 bits per heavy atom. The van der Waals surface area contributed by atoms with Gasteiger partial charge in [0.05, 0.1) is 37.7 Å². The molecule has 11 heteroatoms. The zero-order chi connectivity index (χ0) is 26.1. The number of nitrogens with zero attached hydrogens (tertiary/aromatic N) is 5. The zero-order valence-electron chi connectivity index (χ0n) is 21.4. The third kappa shape index (κ3) is 4.82. The van der Waals surface area contributed by atoms with Crippen LogP contribution in [0.2, 0.25) is 0 Å². The number of hydrogen-bond acceptors (Lipinski definition) is 8. The number of ether oxygens (including phenoxy) is 2. The minimum atomic E-state index is -0.169. The topological polar surface area (TPSA) is 117 Å². The van der Waals surface area contributed by atoms with Crippen LogP contribution in [0.4, 0.5) is 5.69 Å². The first-order valence-electron chi connectivity index (χ1n) is 12.1. The molecule has 1 unspecified atom stereocenters. The van der Waals surface area contributed by atoms with Gasteiger partial charge in [-0.2, -0.15) is 4.98 Å². The Labute approximate surface area is 213 Å². The molecule has 1 fully saturated rings. The van der Waals surface area contributed by atoms with Gasteiger partial charge >= 0.3 is 5.69 Å². The minimum Gasteiger partial charge on any atom is -0.493 e. The zero-order valence-corrected chi connectivity index (χ0v) is 21.4. The van der Waals surface area contributed by atoms with Gasteiger partial charge in [0.15, 0.2) is 11.5 Å². The molecule has 37 heavy (non-hydrogen) atoms. The number of benzene rings is 2. The molecule has 1 N–H and O–H groups in total. The number of carbonyl (C=O) groups is 1. The van der Waals surface area contributed by atoms with Crippen LogP contribution in [-0.2, 0) is 25.4 Å². The van der Waals surface area contributed by atoms with Crippen molar-refractivity contribution < 1.29 is 18.8 Å². The number of rotatable bonds is 7. The van der Waals surface area contributed by atoms with Gasteiger partial charge in [0.2, 0.25) is 17.6 Å². The van der Waals surface area contributed by atoms with E-state index in [1.807, 2.05) is 24.3 Å². The fraction of sp³-hybridized carbons (Fsp3) is 0.385. The summed E-state index contributed by atoms with van der Waals surface area (Å²) in [7, 11) is 6.62. The molecule has 4 aromatic rings. The predicted octanol–water partition coefficient (Wildman–Crippen LogP) is 2.79. The molecule has 194 valence electrons. The molecule has 3 heterocycles. The first-order valence-corrected chi connectivity index (χ1v) is 12.1. The number of aryl methyl sites for hydroxylation is 2. The van der Waals surface area contributed by atoms with Crippen LogP contribution < -0.4 is 20.5 Å². The van der Waals surface area contributed by atoms with Gasteiger partial charge in [-0.1, -0.05) is 5.16 Å². The standard InChI is InChI=1S/C26H30N6O5/c1-30-19-9-8-18(13-20(19)31(2)26(30)34)27-25(33)17-6-5-11-32(14-17)15-23-28-24(29-37-23)16-7-10-21(35-3)22(12-16)36-4/h7-10,12-13,17H,5-6,11,14-15H2,1-4H3,(H,27,33). The van der Waals surface area contributed by atoms with Crippen LogP contribution >= 0.6 is 0 Å². The first-order chi connectivity index (χ1) is 17.9. The number of fused-ring (bicyclic) bond motifs is 1. The number of amides is 1. The lowest BCUT2D eigenvalue weighted by Gasteiger charge is -2.30. The van der Waals surface area contributed by atoms with Gasteiger partial charge in [-0.3, -0.25) is 18.8 Å². The lowest BCUT2D eigenvalue weighted by Crippen LogP contribution is -2.40. The van der Waals surface area contributed by atoms with Crippen LogP contribution in [0.1, 0.15) is 18.7 Å². The van der Waals surface area contributed by atoms with Crippen molar-refractivity contribution in [3.05, 3.63) is 52.8 Å². The van der Waals surface area contributed by atoms with E-state index < -0.39 is 0 Å². The van der Waals surface area contributed by atoms with E-state index in [0.717, 1.165) is 36.0 Å². The summed E-state index contributed by atoms with van der Waals surface area (Å²) in [6.45, 7) is 1.89. The molecule has 1 aliphatic heterocycles.